The second kappa shape index (κ2) is 10.2. The molecular weight excluding hydrogens is 128 g/mol. The second-order valence-electron chi connectivity index (χ2n) is 0.895. The number of hydrogen-bond donors (Lipinski definition) is 4. The Hall–Kier alpha value is -0.850. The van der Waals surface area contributed by atoms with E-state index < -0.39 is 6.16 Å². The molecule has 0 aliphatic carbocycles. The van der Waals surface area contributed by atoms with Crippen LogP contribution in [0.15, 0.2) is 0 Å². The summed E-state index contributed by atoms with van der Waals surface area (Å²) < 4.78 is 4.50. The molecular formula is C3H12N2O4. The van der Waals surface area contributed by atoms with E-state index in [1.165, 1.54) is 0 Å². The number of carbonyl (C=O) groups is 1. The van der Waals surface area contributed by atoms with E-state index in [1.807, 2.05) is 0 Å². The van der Waals surface area contributed by atoms with Crippen LogP contribution in [0.5, 0.6) is 0 Å². The lowest BCUT2D eigenvalue weighted by Crippen LogP contribution is -1.81. The molecule has 1 aliphatic rings. The van der Waals surface area contributed by atoms with Gasteiger partial charge in [0.1, 0.15) is 0 Å². The Labute approximate surface area is 52.6 Å². The van der Waals surface area contributed by atoms with Crippen LogP contribution >= 0.6 is 0 Å². The van der Waals surface area contributed by atoms with Crippen molar-refractivity contribution < 1.29 is 19.7 Å². The third-order valence-corrected chi connectivity index (χ3v) is 0.204. The van der Waals surface area contributed by atoms with Crippen LogP contribution in [0.4, 0.5) is 4.79 Å². The molecule has 6 nitrogen and oxygen atoms in total. The highest BCUT2D eigenvalue weighted by atomic mass is 16.6. The van der Waals surface area contributed by atoms with Gasteiger partial charge in [-0.3, -0.25) is 0 Å². The van der Waals surface area contributed by atoms with Crippen molar-refractivity contribution in [2.24, 2.45) is 0 Å². The average molecular weight is 140 g/mol. The Balaban J connectivity index is -0.0000000660. The molecule has 58 valence electrons. The number of epoxide rings is 1. The minimum Gasteiger partial charge on any atom is -0.450 e. The summed E-state index contributed by atoms with van der Waals surface area (Å²) in [5.41, 5.74) is 0. The van der Waals surface area contributed by atoms with Crippen LogP contribution in [0.25, 0.3) is 0 Å². The van der Waals surface area contributed by atoms with Gasteiger partial charge in [0.25, 0.3) is 0 Å². The van der Waals surface area contributed by atoms with Crippen LogP contribution in [0.1, 0.15) is 0 Å². The van der Waals surface area contributed by atoms with E-state index in [-0.39, 0.29) is 12.3 Å². The van der Waals surface area contributed by atoms with E-state index in [9.17, 15) is 0 Å². The molecule has 1 fully saturated rings. The fourth-order valence-corrected chi connectivity index (χ4v) is 0. The van der Waals surface area contributed by atoms with Crippen molar-refractivity contribution in [3.63, 3.8) is 0 Å². The molecule has 0 bridgehead atoms. The molecule has 0 atom stereocenters. The molecule has 0 unspecified atom stereocenters. The Kier molecular flexibility index (Phi) is 17.8. The molecule has 1 rings (SSSR count). The summed E-state index contributed by atoms with van der Waals surface area (Å²) in [6.45, 7) is 2.00. The Morgan fingerprint density at radius 1 is 1.22 bits per heavy atom. The summed E-state index contributed by atoms with van der Waals surface area (Å²) in [5.74, 6) is 0. The zero-order valence-corrected chi connectivity index (χ0v) is 5.04. The van der Waals surface area contributed by atoms with Gasteiger partial charge in [0.05, 0.1) is 13.2 Å². The maximum Gasteiger partial charge on any atom is 0.503 e. The lowest BCUT2D eigenvalue weighted by Gasteiger charge is -1.60. The first-order valence-electron chi connectivity index (χ1n) is 1.73. The first-order chi connectivity index (χ1) is 3.23. The third-order valence-electron chi connectivity index (χ3n) is 0.204. The Morgan fingerprint density at radius 3 is 1.33 bits per heavy atom. The summed E-state index contributed by atoms with van der Waals surface area (Å²) in [6.07, 6.45) is -1.83. The first kappa shape index (κ1) is 15.7. The number of hydrogen-bond acceptors (Lipinski definition) is 4. The largest absolute Gasteiger partial charge is 0.503 e. The summed E-state index contributed by atoms with van der Waals surface area (Å²) in [4.78, 5) is 8.56. The maximum atomic E-state index is 8.56. The van der Waals surface area contributed by atoms with Gasteiger partial charge in [-0.25, -0.2) is 4.79 Å². The monoisotopic (exact) mass is 140 g/mol. The quantitative estimate of drug-likeness (QED) is 0.362. The molecule has 9 heavy (non-hydrogen) atoms. The average Bonchev–Trinajstić information content (AvgIpc) is 2.02. The molecule has 0 radical (unpaired) electrons. The molecule has 1 aliphatic heterocycles. The molecule has 8 N–H and O–H groups in total. The van der Waals surface area contributed by atoms with Crippen LogP contribution in [0, 0.1) is 0 Å². The van der Waals surface area contributed by atoms with Gasteiger partial charge in [0.15, 0.2) is 0 Å². The van der Waals surface area contributed by atoms with Crippen molar-refractivity contribution in [1.82, 2.24) is 12.3 Å². The molecule has 0 aromatic carbocycles. The molecule has 0 amide bonds. The van der Waals surface area contributed by atoms with Gasteiger partial charge in [-0.05, 0) is 0 Å². The fourth-order valence-electron chi connectivity index (χ4n) is 0. The smallest absolute Gasteiger partial charge is 0.450 e. The van der Waals surface area contributed by atoms with Crippen LogP contribution in [0.3, 0.4) is 0 Å². The number of rotatable bonds is 0. The van der Waals surface area contributed by atoms with Crippen LogP contribution < -0.4 is 12.3 Å². The third kappa shape index (κ3) is 8430. The standard InChI is InChI=1S/C2H4O.CH2O3.2H3N/c1-2-3-1;2-1(3)4;;/h1-2H2;(H2,2,3,4);2*1H3. The predicted molar refractivity (Wildman–Crippen MR) is 31.5 cm³/mol. The first-order valence-corrected chi connectivity index (χ1v) is 1.73. The zero-order valence-electron chi connectivity index (χ0n) is 5.04. The highest BCUT2D eigenvalue weighted by Crippen LogP contribution is 1.84. The second-order valence-corrected chi connectivity index (χ2v) is 0.895. The van der Waals surface area contributed by atoms with Crippen LogP contribution in [0.2, 0.25) is 0 Å². The topological polar surface area (TPSA) is 140 Å². The van der Waals surface area contributed by atoms with Gasteiger partial charge >= 0.3 is 6.16 Å². The lowest BCUT2D eigenvalue weighted by atomic mass is 11.0. The van der Waals surface area contributed by atoms with Gasteiger partial charge in [-0.15, -0.1) is 0 Å². The molecule has 0 aromatic heterocycles. The summed E-state index contributed by atoms with van der Waals surface area (Å²) >= 11 is 0. The fraction of sp³-hybridized carbons (Fsp3) is 0.667. The molecule has 6 heteroatoms. The minimum atomic E-state index is -1.83. The van der Waals surface area contributed by atoms with Gasteiger partial charge in [0, 0.05) is 0 Å². The SMILES string of the molecule is C1CO1.N.N.O=C(O)O. The van der Waals surface area contributed by atoms with E-state index in [1.54, 1.807) is 0 Å². The normalized spacial score (nSPS) is 10.7. The van der Waals surface area contributed by atoms with Gasteiger partial charge in [-0.1, -0.05) is 0 Å². The van der Waals surface area contributed by atoms with Gasteiger partial charge in [-0.2, -0.15) is 0 Å². The summed E-state index contributed by atoms with van der Waals surface area (Å²) in [7, 11) is 0. The molecule has 0 saturated carbocycles. The zero-order chi connectivity index (χ0) is 5.70. The van der Waals surface area contributed by atoms with Gasteiger partial charge in [0.2, 0.25) is 0 Å². The van der Waals surface area contributed by atoms with Crippen LogP contribution in [-0.4, -0.2) is 29.6 Å². The highest BCUT2D eigenvalue weighted by Gasteiger charge is 1.94. The number of ether oxygens (including phenoxy) is 1. The number of carboxylic acid groups (broad SMARTS) is 2. The van der Waals surface area contributed by atoms with Crippen molar-refractivity contribution in [3.05, 3.63) is 0 Å². The molecule has 1 saturated heterocycles. The van der Waals surface area contributed by atoms with Gasteiger partial charge < -0.3 is 27.3 Å². The summed E-state index contributed by atoms with van der Waals surface area (Å²) in [6, 6.07) is 0. The molecule has 1 heterocycles. The maximum absolute atomic E-state index is 8.56. The van der Waals surface area contributed by atoms with Crippen LogP contribution in [-0.2, 0) is 4.74 Å². The van der Waals surface area contributed by atoms with E-state index in [0.717, 1.165) is 13.2 Å². The van der Waals surface area contributed by atoms with E-state index in [0.29, 0.717) is 0 Å². The van der Waals surface area contributed by atoms with Crippen molar-refractivity contribution in [1.29, 1.82) is 0 Å². The highest BCUT2D eigenvalue weighted by molar-refractivity contribution is 5.53. The lowest BCUT2D eigenvalue weighted by molar-refractivity contribution is 0.137. The van der Waals surface area contributed by atoms with Crippen molar-refractivity contribution in [3.8, 4) is 0 Å². The van der Waals surface area contributed by atoms with Crippen molar-refractivity contribution >= 4 is 6.16 Å². The Morgan fingerprint density at radius 2 is 1.33 bits per heavy atom. The minimum absolute atomic E-state index is 0. The van der Waals surface area contributed by atoms with E-state index >= 15 is 0 Å². The Bertz CT molecular complexity index is 58.1. The molecule has 0 spiro atoms. The predicted octanol–water partition coefficient (Wildman–Crippen LogP) is 0.563. The van der Waals surface area contributed by atoms with E-state index in [2.05, 4.69) is 4.74 Å². The van der Waals surface area contributed by atoms with Crippen molar-refractivity contribution in [2.45, 2.75) is 0 Å². The van der Waals surface area contributed by atoms with Crippen molar-refractivity contribution in [2.75, 3.05) is 13.2 Å². The van der Waals surface area contributed by atoms with E-state index in [4.69, 9.17) is 15.0 Å². The molecule has 0 aromatic rings. The summed E-state index contributed by atoms with van der Waals surface area (Å²) in [5, 5.41) is 13.9.